The van der Waals surface area contributed by atoms with Gasteiger partial charge in [0.1, 0.15) is 18.3 Å². The van der Waals surface area contributed by atoms with E-state index in [1.165, 1.54) is 17.0 Å². The van der Waals surface area contributed by atoms with Crippen LogP contribution in [0.1, 0.15) is 38.8 Å². The van der Waals surface area contributed by atoms with Crippen molar-refractivity contribution in [3.8, 4) is 5.75 Å². The van der Waals surface area contributed by atoms with Crippen LogP contribution in [0.4, 0.5) is 5.69 Å². The Hall–Kier alpha value is -4.34. The normalized spacial score (nSPS) is 12.2. The fourth-order valence-corrected chi connectivity index (χ4v) is 6.67. The maximum Gasteiger partial charge on any atom is 0.264 e. The van der Waals surface area contributed by atoms with Crippen LogP contribution in [0.25, 0.3) is 0 Å². The average molecular weight is 662 g/mol. The molecule has 0 heterocycles. The number of nitrogens with one attached hydrogen (secondary N) is 1. The van der Waals surface area contributed by atoms with Gasteiger partial charge >= 0.3 is 0 Å². The van der Waals surface area contributed by atoms with E-state index < -0.39 is 34.1 Å². The Bertz CT molecular complexity index is 1730. The summed E-state index contributed by atoms with van der Waals surface area (Å²) < 4.78 is 35.3. The monoisotopic (exact) mass is 661 g/mol. The molecule has 0 spiro atoms. The molecule has 0 saturated carbocycles. The minimum absolute atomic E-state index is 0.0147. The van der Waals surface area contributed by atoms with Crippen molar-refractivity contribution in [2.24, 2.45) is 0 Å². The van der Waals surface area contributed by atoms with E-state index in [4.69, 9.17) is 16.3 Å². The molecule has 242 valence electrons. The predicted molar refractivity (Wildman–Crippen MR) is 182 cm³/mol. The maximum absolute atomic E-state index is 14.6. The fourth-order valence-electron chi connectivity index (χ4n) is 5.01. The Morgan fingerprint density at radius 1 is 0.848 bits per heavy atom. The number of carbonyl (C=O) groups is 2. The molecule has 0 bridgehead atoms. The molecule has 1 atom stereocenters. The van der Waals surface area contributed by atoms with E-state index in [1.54, 1.807) is 67.6 Å². The van der Waals surface area contributed by atoms with E-state index in [2.05, 4.69) is 5.32 Å². The smallest absolute Gasteiger partial charge is 0.264 e. The van der Waals surface area contributed by atoms with Crippen LogP contribution in [0.2, 0.25) is 5.02 Å². The summed E-state index contributed by atoms with van der Waals surface area (Å²) in [5.74, 6) is -0.625. The molecule has 0 aliphatic carbocycles. The molecule has 1 N–H and O–H groups in total. The highest BCUT2D eigenvalue weighted by molar-refractivity contribution is 7.92. The fraction of sp³-hybridized carbons (Fsp3) is 0.278. The SMILES string of the molecule is CCOc1ccccc1N(CC(=O)N(Cc1cccc(Cl)c1)C(Cc1ccccc1)C(=O)NC(C)(C)C)S(=O)(=O)c1ccccc1. The van der Waals surface area contributed by atoms with E-state index in [0.717, 1.165) is 9.87 Å². The third kappa shape index (κ3) is 9.11. The molecular weight excluding hydrogens is 622 g/mol. The first-order valence-corrected chi connectivity index (χ1v) is 16.9. The minimum Gasteiger partial charge on any atom is -0.492 e. The third-order valence-electron chi connectivity index (χ3n) is 7.06. The van der Waals surface area contributed by atoms with Crippen molar-refractivity contribution in [1.29, 1.82) is 0 Å². The number of nitrogens with zero attached hydrogens (tertiary/aromatic N) is 2. The van der Waals surface area contributed by atoms with Crippen LogP contribution in [0.15, 0.2) is 114 Å². The van der Waals surface area contributed by atoms with Crippen LogP contribution < -0.4 is 14.4 Å². The standard InChI is InChI=1S/C36H40ClN3O5S/c1-5-45-33-22-13-12-21-31(33)40(46(43,44)30-19-10-7-11-20-30)26-34(41)39(25-28-17-14-18-29(37)23-28)32(35(42)38-36(2,3)4)24-27-15-8-6-9-16-27/h6-23,32H,5,24-26H2,1-4H3,(H,38,42). The van der Waals surface area contributed by atoms with Crippen LogP contribution in [0.3, 0.4) is 0 Å². The second-order valence-corrected chi connectivity index (χ2v) is 14.1. The van der Waals surface area contributed by atoms with Crippen LogP contribution in [-0.2, 0) is 32.6 Å². The van der Waals surface area contributed by atoms with Gasteiger partial charge in [-0.1, -0.05) is 84.4 Å². The summed E-state index contributed by atoms with van der Waals surface area (Å²) in [6, 6.07) is 30.1. The summed E-state index contributed by atoms with van der Waals surface area (Å²) in [6.07, 6.45) is 0.204. The summed E-state index contributed by atoms with van der Waals surface area (Å²) in [7, 11) is -4.25. The molecule has 0 aliphatic heterocycles. The quantitative estimate of drug-likeness (QED) is 0.177. The van der Waals surface area contributed by atoms with Gasteiger partial charge in [-0.05, 0) is 75.2 Å². The first-order chi connectivity index (χ1) is 21.9. The number of halogens is 1. The molecular formula is C36H40ClN3O5S. The molecule has 8 nitrogen and oxygen atoms in total. The molecule has 4 aromatic carbocycles. The highest BCUT2D eigenvalue weighted by Crippen LogP contribution is 2.33. The molecule has 0 aliphatic rings. The van der Waals surface area contributed by atoms with E-state index in [1.807, 2.05) is 57.2 Å². The van der Waals surface area contributed by atoms with Crippen molar-refractivity contribution < 1.29 is 22.7 Å². The van der Waals surface area contributed by atoms with Gasteiger partial charge in [-0.3, -0.25) is 13.9 Å². The minimum atomic E-state index is -4.25. The number of amides is 2. The van der Waals surface area contributed by atoms with Gasteiger partial charge in [0.15, 0.2) is 0 Å². The molecule has 4 aromatic rings. The third-order valence-corrected chi connectivity index (χ3v) is 9.06. The molecule has 0 saturated heterocycles. The highest BCUT2D eigenvalue weighted by atomic mass is 35.5. The predicted octanol–water partition coefficient (Wildman–Crippen LogP) is 6.49. The van der Waals surface area contributed by atoms with E-state index >= 15 is 0 Å². The zero-order valence-corrected chi connectivity index (χ0v) is 28.1. The number of hydrogen-bond donors (Lipinski definition) is 1. The summed E-state index contributed by atoms with van der Waals surface area (Å²) >= 11 is 6.32. The lowest BCUT2D eigenvalue weighted by molar-refractivity contribution is -0.140. The van der Waals surface area contributed by atoms with Gasteiger partial charge in [0.05, 0.1) is 17.2 Å². The van der Waals surface area contributed by atoms with Gasteiger partial charge in [0.2, 0.25) is 11.8 Å². The van der Waals surface area contributed by atoms with Gasteiger partial charge in [-0.15, -0.1) is 0 Å². The molecule has 0 aromatic heterocycles. The average Bonchev–Trinajstić information content (AvgIpc) is 3.02. The van der Waals surface area contributed by atoms with E-state index in [-0.39, 0.29) is 36.1 Å². The van der Waals surface area contributed by atoms with Gasteiger partial charge in [0, 0.05) is 23.5 Å². The summed E-state index contributed by atoms with van der Waals surface area (Å²) in [5.41, 5.74) is 1.16. The van der Waals surface area contributed by atoms with Crippen molar-refractivity contribution in [3.63, 3.8) is 0 Å². The Kier molecular flexibility index (Phi) is 11.5. The van der Waals surface area contributed by atoms with Crippen molar-refractivity contribution in [3.05, 3.63) is 125 Å². The van der Waals surface area contributed by atoms with Crippen LogP contribution in [-0.4, -0.2) is 49.9 Å². The van der Waals surface area contributed by atoms with E-state index in [9.17, 15) is 18.0 Å². The lowest BCUT2D eigenvalue weighted by Crippen LogP contribution is -2.56. The number of sulfonamides is 1. The Balaban J connectivity index is 1.85. The number of ether oxygens (including phenoxy) is 1. The first kappa shape index (κ1) is 34.5. The number of anilines is 1. The molecule has 46 heavy (non-hydrogen) atoms. The molecule has 0 radical (unpaired) electrons. The number of hydrogen-bond acceptors (Lipinski definition) is 5. The number of carbonyl (C=O) groups excluding carboxylic acids is 2. The molecule has 1 unspecified atom stereocenters. The lowest BCUT2D eigenvalue weighted by Gasteiger charge is -2.35. The summed E-state index contributed by atoms with van der Waals surface area (Å²) in [5, 5.41) is 3.50. The van der Waals surface area contributed by atoms with Gasteiger partial charge in [0.25, 0.3) is 10.0 Å². The second-order valence-electron chi connectivity index (χ2n) is 11.8. The van der Waals surface area contributed by atoms with Gasteiger partial charge in [-0.25, -0.2) is 8.42 Å². The Morgan fingerprint density at radius 2 is 1.46 bits per heavy atom. The molecule has 4 rings (SSSR count). The second kappa shape index (κ2) is 15.3. The maximum atomic E-state index is 14.6. The van der Waals surface area contributed by atoms with Crippen molar-refractivity contribution in [2.75, 3.05) is 17.5 Å². The van der Waals surface area contributed by atoms with Crippen LogP contribution in [0, 0.1) is 0 Å². The highest BCUT2D eigenvalue weighted by Gasteiger charge is 2.36. The van der Waals surface area contributed by atoms with Crippen LogP contribution in [0.5, 0.6) is 5.75 Å². The lowest BCUT2D eigenvalue weighted by atomic mass is 10.0. The van der Waals surface area contributed by atoms with Crippen molar-refractivity contribution in [1.82, 2.24) is 10.2 Å². The molecule has 10 heteroatoms. The largest absolute Gasteiger partial charge is 0.492 e. The number of rotatable bonds is 13. The zero-order valence-electron chi connectivity index (χ0n) is 26.5. The van der Waals surface area contributed by atoms with Gasteiger partial charge in [-0.2, -0.15) is 0 Å². The molecule has 0 fully saturated rings. The first-order valence-electron chi connectivity index (χ1n) is 15.1. The van der Waals surface area contributed by atoms with Crippen molar-refractivity contribution >= 4 is 39.1 Å². The Labute approximate surface area is 277 Å². The molecule has 2 amide bonds. The topological polar surface area (TPSA) is 96.0 Å². The zero-order chi connectivity index (χ0) is 33.3. The van der Waals surface area contributed by atoms with Crippen molar-refractivity contribution in [2.45, 2.75) is 57.1 Å². The summed E-state index contributed by atoms with van der Waals surface area (Å²) in [6.45, 7) is 7.12. The Morgan fingerprint density at radius 3 is 2.09 bits per heavy atom. The van der Waals surface area contributed by atoms with Crippen LogP contribution >= 0.6 is 11.6 Å². The van der Waals surface area contributed by atoms with Gasteiger partial charge < -0.3 is 15.0 Å². The van der Waals surface area contributed by atoms with E-state index in [0.29, 0.717) is 16.3 Å². The number of para-hydroxylation sites is 2. The summed E-state index contributed by atoms with van der Waals surface area (Å²) in [4.78, 5) is 30.1. The number of benzene rings is 4.